The zero-order chi connectivity index (χ0) is 13.8. The SMILES string of the molecule is O=C1CCN(SCc2ccc(F)c([N+](=O)[O-])c2)CC1. The van der Waals surface area contributed by atoms with Gasteiger partial charge in [0, 0.05) is 37.8 Å². The molecule has 102 valence electrons. The number of carbonyl (C=O) groups is 1. The van der Waals surface area contributed by atoms with Gasteiger partial charge in [-0.25, -0.2) is 4.31 Å². The molecule has 7 heteroatoms. The van der Waals surface area contributed by atoms with E-state index in [1.54, 1.807) is 6.07 Å². The van der Waals surface area contributed by atoms with Gasteiger partial charge in [0.1, 0.15) is 5.78 Å². The number of nitro benzene ring substituents is 1. The molecule has 2 rings (SSSR count). The Morgan fingerprint density at radius 1 is 1.37 bits per heavy atom. The molecular weight excluding hydrogens is 271 g/mol. The molecule has 1 saturated heterocycles. The topological polar surface area (TPSA) is 63.5 Å². The summed E-state index contributed by atoms with van der Waals surface area (Å²) in [4.78, 5) is 21.0. The molecule has 0 atom stereocenters. The minimum Gasteiger partial charge on any atom is -0.300 e. The Balaban J connectivity index is 1.94. The monoisotopic (exact) mass is 284 g/mol. The minimum atomic E-state index is -0.817. The molecule has 5 nitrogen and oxygen atoms in total. The van der Waals surface area contributed by atoms with Gasteiger partial charge >= 0.3 is 5.69 Å². The summed E-state index contributed by atoms with van der Waals surface area (Å²) in [6.07, 6.45) is 1.10. The summed E-state index contributed by atoms with van der Waals surface area (Å²) >= 11 is 1.51. The van der Waals surface area contributed by atoms with Crippen LogP contribution in [0.15, 0.2) is 18.2 Å². The van der Waals surface area contributed by atoms with Gasteiger partial charge in [-0.2, -0.15) is 4.39 Å². The van der Waals surface area contributed by atoms with Crippen LogP contribution in [0.5, 0.6) is 0 Å². The highest BCUT2D eigenvalue weighted by Crippen LogP contribution is 2.24. The summed E-state index contributed by atoms with van der Waals surface area (Å²) in [5, 5.41) is 10.6. The third-order valence-electron chi connectivity index (χ3n) is 2.90. The van der Waals surface area contributed by atoms with Crippen LogP contribution >= 0.6 is 11.9 Å². The van der Waals surface area contributed by atoms with Crippen molar-refractivity contribution >= 4 is 23.4 Å². The van der Waals surface area contributed by atoms with Crippen molar-refractivity contribution in [3.05, 3.63) is 39.7 Å². The fraction of sp³-hybridized carbons (Fsp3) is 0.417. The molecule has 1 heterocycles. The first-order chi connectivity index (χ1) is 9.06. The number of nitro groups is 1. The number of halogens is 1. The first kappa shape index (κ1) is 14.0. The third kappa shape index (κ3) is 3.74. The molecule has 0 bridgehead atoms. The van der Waals surface area contributed by atoms with Crippen LogP contribution in [0.25, 0.3) is 0 Å². The lowest BCUT2D eigenvalue weighted by molar-refractivity contribution is -0.387. The zero-order valence-corrected chi connectivity index (χ0v) is 11.0. The lowest BCUT2D eigenvalue weighted by Gasteiger charge is -2.24. The van der Waals surface area contributed by atoms with Gasteiger partial charge in [0.2, 0.25) is 5.82 Å². The summed E-state index contributed by atoms with van der Waals surface area (Å²) in [6.45, 7) is 1.40. The van der Waals surface area contributed by atoms with E-state index >= 15 is 0 Å². The molecule has 0 radical (unpaired) electrons. The van der Waals surface area contributed by atoms with Crippen molar-refractivity contribution in [3.63, 3.8) is 0 Å². The van der Waals surface area contributed by atoms with E-state index in [0.717, 1.165) is 6.07 Å². The Morgan fingerprint density at radius 3 is 2.68 bits per heavy atom. The largest absolute Gasteiger partial charge is 0.305 e. The minimum absolute atomic E-state index is 0.272. The average Bonchev–Trinajstić information content (AvgIpc) is 2.39. The number of benzene rings is 1. The van der Waals surface area contributed by atoms with E-state index in [-0.39, 0.29) is 5.78 Å². The van der Waals surface area contributed by atoms with Gasteiger partial charge in [0.15, 0.2) is 0 Å². The maximum atomic E-state index is 13.2. The second-order valence-electron chi connectivity index (χ2n) is 4.28. The van der Waals surface area contributed by atoms with Crippen LogP contribution in [0.1, 0.15) is 18.4 Å². The van der Waals surface area contributed by atoms with E-state index in [1.165, 1.54) is 18.0 Å². The van der Waals surface area contributed by atoms with Crippen LogP contribution in [0, 0.1) is 15.9 Å². The maximum Gasteiger partial charge on any atom is 0.305 e. The Bertz CT molecular complexity index is 500. The third-order valence-corrected chi connectivity index (χ3v) is 4.09. The van der Waals surface area contributed by atoms with Crippen LogP contribution in [-0.2, 0) is 10.5 Å². The molecule has 19 heavy (non-hydrogen) atoms. The highest BCUT2D eigenvalue weighted by molar-refractivity contribution is 7.96. The van der Waals surface area contributed by atoms with Gasteiger partial charge in [-0.3, -0.25) is 14.9 Å². The summed E-state index contributed by atoms with van der Waals surface area (Å²) in [5.74, 6) is -0.00781. The molecule has 0 spiro atoms. The molecule has 1 aliphatic heterocycles. The Hall–Kier alpha value is -1.47. The van der Waals surface area contributed by atoms with Crippen LogP contribution in [0.2, 0.25) is 0 Å². The van der Waals surface area contributed by atoms with Gasteiger partial charge < -0.3 is 0 Å². The van der Waals surface area contributed by atoms with E-state index < -0.39 is 16.4 Å². The molecule has 0 aliphatic carbocycles. The second-order valence-corrected chi connectivity index (χ2v) is 5.35. The second kappa shape index (κ2) is 6.12. The van der Waals surface area contributed by atoms with Crippen molar-refractivity contribution in [2.45, 2.75) is 18.6 Å². The Kier molecular flexibility index (Phi) is 4.49. The standard InChI is InChI=1S/C12H13FN2O3S/c13-11-2-1-9(7-12(11)15(17)18)8-19-14-5-3-10(16)4-6-14/h1-2,7H,3-6,8H2. The lowest BCUT2D eigenvalue weighted by atomic mass is 10.1. The highest BCUT2D eigenvalue weighted by Gasteiger charge is 2.18. The molecule has 1 aromatic rings. The van der Waals surface area contributed by atoms with Crippen molar-refractivity contribution in [1.29, 1.82) is 0 Å². The summed E-state index contributed by atoms with van der Waals surface area (Å²) in [7, 11) is 0. The van der Waals surface area contributed by atoms with Crippen molar-refractivity contribution < 1.29 is 14.1 Å². The number of rotatable bonds is 4. The first-order valence-corrected chi connectivity index (χ1v) is 6.83. The quantitative estimate of drug-likeness (QED) is 0.483. The number of carbonyl (C=O) groups excluding carboxylic acids is 1. The number of ketones is 1. The van der Waals surface area contributed by atoms with Gasteiger partial charge in [0.25, 0.3) is 0 Å². The van der Waals surface area contributed by atoms with Crippen molar-refractivity contribution in [2.75, 3.05) is 13.1 Å². The normalized spacial score (nSPS) is 16.6. The molecule has 0 aromatic heterocycles. The summed E-state index contributed by atoms with van der Waals surface area (Å²) < 4.78 is 15.2. The number of Topliss-reactive ketones (excluding diaryl/α,β-unsaturated/α-hetero) is 1. The molecule has 0 unspecified atom stereocenters. The van der Waals surface area contributed by atoms with Crippen LogP contribution in [-0.4, -0.2) is 28.1 Å². The Labute approximate surface area is 114 Å². The average molecular weight is 284 g/mol. The summed E-state index contributed by atoms with van der Waals surface area (Å²) in [6, 6.07) is 3.93. The number of hydrogen-bond acceptors (Lipinski definition) is 5. The molecule has 0 N–H and O–H groups in total. The first-order valence-electron chi connectivity index (χ1n) is 5.88. The highest BCUT2D eigenvalue weighted by atomic mass is 32.2. The van der Waals surface area contributed by atoms with Gasteiger partial charge in [-0.15, -0.1) is 0 Å². The van der Waals surface area contributed by atoms with Gasteiger partial charge in [0.05, 0.1) is 4.92 Å². The molecule has 1 aromatic carbocycles. The predicted octanol–water partition coefficient (Wildman–Crippen LogP) is 2.55. The van der Waals surface area contributed by atoms with Crippen molar-refractivity contribution in [1.82, 2.24) is 4.31 Å². The van der Waals surface area contributed by atoms with Crippen LogP contribution in [0.3, 0.4) is 0 Å². The molecular formula is C12H13FN2O3S. The fourth-order valence-electron chi connectivity index (χ4n) is 1.82. The number of hydrogen-bond donors (Lipinski definition) is 0. The zero-order valence-electron chi connectivity index (χ0n) is 10.2. The molecule has 1 fully saturated rings. The van der Waals surface area contributed by atoms with Gasteiger partial charge in [-0.1, -0.05) is 18.0 Å². The van der Waals surface area contributed by atoms with Crippen LogP contribution < -0.4 is 0 Å². The van der Waals surface area contributed by atoms with E-state index in [4.69, 9.17) is 0 Å². The summed E-state index contributed by atoms with van der Waals surface area (Å²) in [5.41, 5.74) is 0.210. The van der Waals surface area contributed by atoms with Crippen LogP contribution in [0.4, 0.5) is 10.1 Å². The molecule has 0 amide bonds. The van der Waals surface area contributed by atoms with Gasteiger partial charge in [-0.05, 0) is 11.6 Å². The Morgan fingerprint density at radius 2 is 2.05 bits per heavy atom. The predicted molar refractivity (Wildman–Crippen MR) is 70.2 cm³/mol. The van der Waals surface area contributed by atoms with E-state index in [1.807, 2.05) is 0 Å². The number of piperidine rings is 1. The molecule has 0 saturated carbocycles. The van der Waals surface area contributed by atoms with Crippen molar-refractivity contribution in [2.24, 2.45) is 0 Å². The number of nitrogens with zero attached hydrogens (tertiary/aromatic N) is 2. The fourth-order valence-corrected chi connectivity index (χ4v) is 2.77. The lowest BCUT2D eigenvalue weighted by Crippen LogP contribution is -2.28. The van der Waals surface area contributed by atoms with E-state index in [0.29, 0.717) is 37.2 Å². The van der Waals surface area contributed by atoms with Crippen molar-refractivity contribution in [3.8, 4) is 0 Å². The van der Waals surface area contributed by atoms with E-state index in [2.05, 4.69) is 4.31 Å². The molecule has 1 aliphatic rings. The van der Waals surface area contributed by atoms with E-state index in [9.17, 15) is 19.3 Å². The smallest absolute Gasteiger partial charge is 0.300 e. The maximum absolute atomic E-state index is 13.2.